The third-order valence-electron chi connectivity index (χ3n) is 13.5. The predicted molar refractivity (Wildman–Crippen MR) is 278 cm³/mol. The lowest BCUT2D eigenvalue weighted by atomic mass is 9.73. The monoisotopic (exact) mass is 863 g/mol. The number of hydrogen-bond donors (Lipinski definition) is 0. The molecule has 0 amide bonds. The van der Waals surface area contributed by atoms with Gasteiger partial charge in [-0.25, -0.2) is 0 Å². The van der Waals surface area contributed by atoms with E-state index < -0.39 is 7.92 Å². The normalized spacial score (nSPS) is 19.5. The van der Waals surface area contributed by atoms with Crippen molar-refractivity contribution in [1.82, 2.24) is 0 Å². The molecule has 3 unspecified atom stereocenters. The Labute approximate surface area is 388 Å². The Kier molecular flexibility index (Phi) is 10.5. The number of hydrogen-bond acceptors (Lipinski definition) is 2. The third kappa shape index (κ3) is 7.55. The molecular weight excluding hydrogens is 818 g/mol. The maximum absolute atomic E-state index is 6.86. The second kappa shape index (κ2) is 17.4. The second-order valence-corrected chi connectivity index (χ2v) is 19.7. The molecule has 5 aliphatic rings. The van der Waals surface area contributed by atoms with Gasteiger partial charge in [-0.15, -0.1) is 5.73 Å². The van der Waals surface area contributed by atoms with Crippen LogP contribution in [0.3, 0.4) is 0 Å². The molecule has 66 heavy (non-hydrogen) atoms. The highest BCUT2D eigenvalue weighted by Crippen LogP contribution is 2.54. The standard InChI is InChI=1S/C63H46NOP/c1-5-17-43(18-6-1)50-40-59(47-19-7-2-8-20-47)64-60(41-50)48-22-15-21-44(33-36-48)45-31-34-46(35-32-45)54-29-16-30-61-62(54)58-42-57(55-27-13-14-28-56(55)63(58)65-61)49-37-38-53(39-49)66(51-23-9-3-10-24-51)52-25-11-4-12-26-52/h1-21,23-38,41-42,55-56,59H,39-40H2. The van der Waals surface area contributed by atoms with Crippen molar-refractivity contribution >= 4 is 52.4 Å². The van der Waals surface area contributed by atoms with Gasteiger partial charge in [-0.05, 0) is 123 Å². The molecule has 12 rings (SSSR count). The summed E-state index contributed by atoms with van der Waals surface area (Å²) < 4.78 is 6.86. The maximum Gasteiger partial charge on any atom is 0.135 e. The van der Waals surface area contributed by atoms with Crippen LogP contribution < -0.4 is 10.6 Å². The molecule has 1 aromatic heterocycles. The van der Waals surface area contributed by atoms with Crippen LogP contribution in [0.25, 0.3) is 39.3 Å². The van der Waals surface area contributed by atoms with E-state index in [0.29, 0.717) is 0 Å². The maximum atomic E-state index is 6.86. The van der Waals surface area contributed by atoms with Gasteiger partial charge in [-0.2, -0.15) is 0 Å². The summed E-state index contributed by atoms with van der Waals surface area (Å²) >= 11 is 0. The first-order chi connectivity index (χ1) is 32.7. The van der Waals surface area contributed by atoms with Crippen LogP contribution in [0.4, 0.5) is 0 Å². The summed E-state index contributed by atoms with van der Waals surface area (Å²) in [4.78, 5) is 5.29. The van der Waals surface area contributed by atoms with Gasteiger partial charge in [0.05, 0.1) is 11.8 Å². The van der Waals surface area contributed by atoms with Gasteiger partial charge in [-0.3, -0.25) is 4.99 Å². The van der Waals surface area contributed by atoms with Crippen molar-refractivity contribution in [3.05, 3.63) is 286 Å². The van der Waals surface area contributed by atoms with Gasteiger partial charge in [0.2, 0.25) is 0 Å². The highest BCUT2D eigenvalue weighted by atomic mass is 31.1. The number of allylic oxidation sites excluding steroid dienone is 15. The summed E-state index contributed by atoms with van der Waals surface area (Å²) in [7, 11) is -0.652. The third-order valence-corrected chi connectivity index (χ3v) is 16.0. The minimum Gasteiger partial charge on any atom is -0.460 e. The number of aliphatic imine (C=N–C) groups is 1. The number of rotatable bonds is 9. The van der Waals surface area contributed by atoms with Crippen LogP contribution in [-0.4, -0.2) is 5.71 Å². The molecule has 0 N–H and O–H groups in total. The van der Waals surface area contributed by atoms with E-state index in [9.17, 15) is 0 Å². The van der Waals surface area contributed by atoms with E-state index in [2.05, 4.69) is 236 Å². The predicted octanol–water partition coefficient (Wildman–Crippen LogP) is 15.4. The van der Waals surface area contributed by atoms with E-state index in [4.69, 9.17) is 9.41 Å². The second-order valence-electron chi connectivity index (χ2n) is 17.5. The van der Waals surface area contributed by atoms with E-state index >= 15 is 0 Å². The SMILES string of the molecule is C1=CC=C(c2ccc(-c3cccc4oc5c(c34)C=C(C3=CC=C(P(c4ccccc4)c4ccccc4)C3)C3C=CC=CC53)cc2)C=CC=1C1=NC(c2ccccc2)CC(c2ccccc2)=C1. The number of benzene rings is 6. The van der Waals surface area contributed by atoms with Gasteiger partial charge in [0.1, 0.15) is 11.3 Å². The van der Waals surface area contributed by atoms with Crippen molar-refractivity contribution in [3.63, 3.8) is 0 Å². The van der Waals surface area contributed by atoms with Crippen molar-refractivity contribution in [2.45, 2.75) is 24.8 Å². The van der Waals surface area contributed by atoms with Gasteiger partial charge in [-0.1, -0.05) is 200 Å². The van der Waals surface area contributed by atoms with Gasteiger partial charge >= 0.3 is 0 Å². The van der Waals surface area contributed by atoms with Crippen molar-refractivity contribution in [3.8, 4) is 11.1 Å². The van der Waals surface area contributed by atoms with E-state index in [1.54, 1.807) is 0 Å². The molecule has 314 valence electrons. The van der Waals surface area contributed by atoms with Crippen molar-refractivity contribution in [2.75, 3.05) is 0 Å². The zero-order chi connectivity index (χ0) is 43.8. The topological polar surface area (TPSA) is 25.5 Å². The van der Waals surface area contributed by atoms with Gasteiger partial charge in [0.25, 0.3) is 0 Å². The molecule has 3 atom stereocenters. The molecule has 0 fully saturated rings. The molecule has 0 saturated heterocycles. The summed E-state index contributed by atoms with van der Waals surface area (Å²) in [5.41, 5.74) is 18.8. The molecule has 0 spiro atoms. The molecule has 4 aliphatic carbocycles. The smallest absolute Gasteiger partial charge is 0.135 e. The van der Waals surface area contributed by atoms with E-state index in [1.165, 1.54) is 65.8 Å². The fraction of sp³-hybridized carbons (Fsp3) is 0.0794. The first-order valence-electron chi connectivity index (χ1n) is 23.0. The molecule has 6 aromatic carbocycles. The number of dihydropyridines is 1. The van der Waals surface area contributed by atoms with Crippen LogP contribution >= 0.6 is 7.92 Å². The average Bonchev–Trinajstić information content (AvgIpc) is 3.94. The lowest BCUT2D eigenvalue weighted by molar-refractivity contribution is 0.484. The van der Waals surface area contributed by atoms with Crippen LogP contribution in [-0.2, 0) is 0 Å². The fourth-order valence-electron chi connectivity index (χ4n) is 10.3. The van der Waals surface area contributed by atoms with Gasteiger partial charge in [0.15, 0.2) is 0 Å². The van der Waals surface area contributed by atoms with Crippen molar-refractivity contribution < 1.29 is 4.42 Å². The largest absolute Gasteiger partial charge is 0.460 e. The molecular formula is C63H46NOP. The summed E-state index contributed by atoms with van der Waals surface area (Å²) in [6.45, 7) is 0. The quantitative estimate of drug-likeness (QED) is 0.105. The van der Waals surface area contributed by atoms with Gasteiger partial charge < -0.3 is 4.42 Å². The Morgan fingerprint density at radius 3 is 2.00 bits per heavy atom. The summed E-state index contributed by atoms with van der Waals surface area (Å²) in [6.07, 6.45) is 29.0. The molecule has 0 saturated carbocycles. The first-order valence-corrected chi connectivity index (χ1v) is 24.3. The first kappa shape index (κ1) is 40.0. The Hall–Kier alpha value is -7.60. The Morgan fingerprint density at radius 1 is 0.576 bits per heavy atom. The summed E-state index contributed by atoms with van der Waals surface area (Å²) in [6, 6.07) is 59.0. The highest BCUT2D eigenvalue weighted by Gasteiger charge is 2.37. The number of fused-ring (bicyclic) bond motifs is 5. The molecule has 7 aromatic rings. The minimum atomic E-state index is -0.652. The lowest BCUT2D eigenvalue weighted by Crippen LogP contribution is -2.19. The Bertz CT molecular complexity index is 3320. The lowest BCUT2D eigenvalue weighted by Gasteiger charge is -2.31. The van der Waals surface area contributed by atoms with Crippen LogP contribution in [0, 0.1) is 5.92 Å². The number of nitrogens with zero attached hydrogens (tertiary/aromatic N) is 1. The highest BCUT2D eigenvalue weighted by molar-refractivity contribution is 7.76. The van der Waals surface area contributed by atoms with Gasteiger partial charge in [0, 0.05) is 28.4 Å². The van der Waals surface area contributed by atoms with Crippen molar-refractivity contribution in [1.29, 1.82) is 0 Å². The molecule has 1 aliphatic heterocycles. The summed E-state index contributed by atoms with van der Waals surface area (Å²) in [5, 5.41) is 5.45. The molecule has 0 bridgehead atoms. The van der Waals surface area contributed by atoms with Crippen LogP contribution in [0.5, 0.6) is 0 Å². The molecule has 0 radical (unpaired) electrons. The van der Waals surface area contributed by atoms with Crippen LogP contribution in [0.1, 0.15) is 52.8 Å². The number of furan rings is 1. The zero-order valence-electron chi connectivity index (χ0n) is 36.5. The van der Waals surface area contributed by atoms with Crippen molar-refractivity contribution in [2.24, 2.45) is 10.9 Å². The molecule has 2 nitrogen and oxygen atoms in total. The molecule has 2 heterocycles. The van der Waals surface area contributed by atoms with E-state index in [0.717, 1.165) is 46.6 Å². The Morgan fingerprint density at radius 2 is 1.26 bits per heavy atom. The van der Waals surface area contributed by atoms with E-state index in [1.807, 2.05) is 6.08 Å². The minimum absolute atomic E-state index is 0.0417. The average molecular weight is 864 g/mol. The van der Waals surface area contributed by atoms with Crippen LogP contribution in [0.2, 0.25) is 0 Å². The zero-order valence-corrected chi connectivity index (χ0v) is 37.4. The summed E-state index contributed by atoms with van der Waals surface area (Å²) in [5.74, 6) is 1.40. The fourth-order valence-corrected chi connectivity index (χ4v) is 12.7. The van der Waals surface area contributed by atoms with Crippen LogP contribution in [0.15, 0.2) is 268 Å². The van der Waals surface area contributed by atoms with E-state index in [-0.39, 0.29) is 17.9 Å². The Balaban J connectivity index is 0.841. The molecule has 3 heteroatoms.